The summed E-state index contributed by atoms with van der Waals surface area (Å²) in [5, 5.41) is 2.62. The number of hydrogen-bond donors (Lipinski definition) is 2. The van der Waals surface area contributed by atoms with Gasteiger partial charge in [0.1, 0.15) is 0 Å². The first-order chi connectivity index (χ1) is 13.7. The van der Waals surface area contributed by atoms with Gasteiger partial charge < -0.3 is 15.0 Å². The fourth-order valence-corrected chi connectivity index (χ4v) is 3.38. The average Bonchev–Trinajstić information content (AvgIpc) is 2.67. The maximum absolute atomic E-state index is 12.1. The maximum atomic E-state index is 12.1. The van der Waals surface area contributed by atoms with Crippen LogP contribution < -0.4 is 14.9 Å². The highest BCUT2D eigenvalue weighted by atomic mass is 32.2. The summed E-state index contributed by atoms with van der Waals surface area (Å²) >= 11 is 0. The van der Waals surface area contributed by atoms with Crippen molar-refractivity contribution in [2.24, 2.45) is 0 Å². The molecule has 0 aromatic heterocycles. The van der Waals surface area contributed by atoms with Gasteiger partial charge in [0.15, 0.2) is 6.61 Å². The van der Waals surface area contributed by atoms with E-state index in [1.165, 1.54) is 12.1 Å². The van der Waals surface area contributed by atoms with Gasteiger partial charge in [-0.15, -0.1) is 0 Å². The average molecular weight is 420 g/mol. The minimum Gasteiger partial charge on any atom is -0.456 e. The van der Waals surface area contributed by atoms with E-state index in [0.29, 0.717) is 5.69 Å². The highest BCUT2D eigenvalue weighted by molar-refractivity contribution is 7.89. The molecule has 1 amide bonds. The quantitative estimate of drug-likeness (QED) is 0.602. The third-order valence-electron chi connectivity index (χ3n) is 3.98. The van der Waals surface area contributed by atoms with E-state index in [-0.39, 0.29) is 17.9 Å². The van der Waals surface area contributed by atoms with Crippen LogP contribution in [-0.4, -0.2) is 47.5 Å². The van der Waals surface area contributed by atoms with Crippen molar-refractivity contribution in [3.05, 3.63) is 54.1 Å². The second-order valence-corrected chi connectivity index (χ2v) is 8.38. The monoisotopic (exact) mass is 419 g/mol. The van der Waals surface area contributed by atoms with Crippen molar-refractivity contribution in [1.29, 1.82) is 0 Å². The first-order valence-corrected chi connectivity index (χ1v) is 10.4. The number of nitrogens with one attached hydrogen (secondary N) is 2. The number of amides is 1. The summed E-state index contributed by atoms with van der Waals surface area (Å²) in [7, 11) is 0.126. The molecule has 29 heavy (non-hydrogen) atoms. The second kappa shape index (κ2) is 10.0. The van der Waals surface area contributed by atoms with Crippen LogP contribution in [0.3, 0.4) is 0 Å². The van der Waals surface area contributed by atoms with Crippen LogP contribution in [0.1, 0.15) is 12.0 Å². The molecule has 9 heteroatoms. The summed E-state index contributed by atoms with van der Waals surface area (Å²) in [6.45, 7) is 1.29. The van der Waals surface area contributed by atoms with E-state index in [1.807, 2.05) is 38.1 Å². The Morgan fingerprint density at radius 2 is 1.62 bits per heavy atom. The molecular weight excluding hydrogens is 394 g/mol. The molecule has 8 nitrogen and oxygen atoms in total. The summed E-state index contributed by atoms with van der Waals surface area (Å²) in [6.07, 6.45) is -0.185. The molecule has 2 rings (SSSR count). The molecule has 0 saturated heterocycles. The van der Waals surface area contributed by atoms with E-state index < -0.39 is 28.5 Å². The number of aryl methyl sites for hydroxylation is 1. The van der Waals surface area contributed by atoms with Crippen LogP contribution in [0.2, 0.25) is 0 Å². The Morgan fingerprint density at radius 3 is 2.21 bits per heavy atom. The third kappa shape index (κ3) is 7.20. The fraction of sp³-hybridized carbons (Fsp3) is 0.300. The Bertz CT molecular complexity index is 939. The smallest absolute Gasteiger partial charge is 0.307 e. The van der Waals surface area contributed by atoms with Crippen LogP contribution in [-0.2, 0) is 24.3 Å². The maximum Gasteiger partial charge on any atom is 0.307 e. The minimum atomic E-state index is -3.69. The number of anilines is 2. The number of sulfonamides is 1. The lowest BCUT2D eigenvalue weighted by Gasteiger charge is -2.13. The number of carbonyl (C=O) groups is 2. The molecule has 0 heterocycles. The van der Waals surface area contributed by atoms with Crippen molar-refractivity contribution in [3.8, 4) is 0 Å². The number of benzene rings is 2. The molecule has 0 atom stereocenters. The molecule has 0 aliphatic carbocycles. The Kier molecular flexibility index (Phi) is 7.74. The number of esters is 1. The second-order valence-electron chi connectivity index (χ2n) is 6.61. The SMILES string of the molecule is Cc1ccc(S(=O)(=O)NCCC(=O)OCC(=O)Nc2ccc(N(C)C)cc2)cc1. The van der Waals surface area contributed by atoms with Gasteiger partial charge in [0.2, 0.25) is 10.0 Å². The largest absolute Gasteiger partial charge is 0.456 e. The Morgan fingerprint density at radius 1 is 1.00 bits per heavy atom. The van der Waals surface area contributed by atoms with E-state index in [1.54, 1.807) is 24.3 Å². The zero-order valence-electron chi connectivity index (χ0n) is 16.6. The normalized spacial score (nSPS) is 11.0. The van der Waals surface area contributed by atoms with Gasteiger partial charge >= 0.3 is 5.97 Å². The topological polar surface area (TPSA) is 105 Å². The van der Waals surface area contributed by atoms with Gasteiger partial charge in [-0.2, -0.15) is 0 Å². The zero-order valence-corrected chi connectivity index (χ0v) is 17.5. The van der Waals surface area contributed by atoms with Gasteiger partial charge in [0, 0.05) is 32.0 Å². The molecule has 0 aliphatic heterocycles. The minimum absolute atomic E-state index is 0.121. The Balaban J connectivity index is 1.72. The molecule has 2 N–H and O–H groups in total. The van der Waals surface area contributed by atoms with Crippen molar-refractivity contribution in [1.82, 2.24) is 4.72 Å². The summed E-state index contributed by atoms with van der Waals surface area (Å²) < 4.78 is 31.5. The number of ether oxygens (including phenoxy) is 1. The first-order valence-electron chi connectivity index (χ1n) is 8.96. The van der Waals surface area contributed by atoms with E-state index >= 15 is 0 Å². The number of nitrogens with zero attached hydrogens (tertiary/aromatic N) is 1. The molecule has 0 bridgehead atoms. The fourth-order valence-electron chi connectivity index (χ4n) is 2.35. The lowest BCUT2D eigenvalue weighted by atomic mass is 10.2. The third-order valence-corrected chi connectivity index (χ3v) is 5.46. The molecule has 0 unspecified atom stereocenters. The molecule has 0 fully saturated rings. The zero-order chi connectivity index (χ0) is 21.4. The van der Waals surface area contributed by atoms with Gasteiger partial charge in [-0.25, -0.2) is 13.1 Å². The number of carbonyl (C=O) groups excluding carboxylic acids is 2. The van der Waals surface area contributed by atoms with Gasteiger partial charge in [-0.05, 0) is 43.3 Å². The predicted molar refractivity (Wildman–Crippen MR) is 111 cm³/mol. The summed E-state index contributed by atoms with van der Waals surface area (Å²) in [5.41, 5.74) is 2.52. The summed E-state index contributed by atoms with van der Waals surface area (Å²) in [4.78, 5) is 25.7. The van der Waals surface area contributed by atoms with Crippen LogP contribution in [0.25, 0.3) is 0 Å². The Hall–Kier alpha value is -2.91. The predicted octanol–water partition coefficient (Wildman–Crippen LogP) is 1.91. The van der Waals surface area contributed by atoms with Crippen LogP contribution in [0.5, 0.6) is 0 Å². The molecule has 2 aromatic rings. The van der Waals surface area contributed by atoms with Crippen LogP contribution >= 0.6 is 0 Å². The molecule has 0 spiro atoms. The highest BCUT2D eigenvalue weighted by Crippen LogP contribution is 2.15. The number of hydrogen-bond acceptors (Lipinski definition) is 6. The summed E-state index contributed by atoms with van der Waals surface area (Å²) in [6, 6.07) is 13.6. The van der Waals surface area contributed by atoms with Crippen LogP contribution in [0.4, 0.5) is 11.4 Å². The molecule has 2 aromatic carbocycles. The molecule has 156 valence electrons. The molecule has 0 radical (unpaired) electrons. The molecular formula is C20H25N3O5S. The van der Waals surface area contributed by atoms with Gasteiger partial charge in [-0.1, -0.05) is 17.7 Å². The summed E-state index contributed by atoms with van der Waals surface area (Å²) in [5.74, 6) is -1.15. The van der Waals surface area contributed by atoms with Crippen LogP contribution in [0.15, 0.2) is 53.4 Å². The lowest BCUT2D eigenvalue weighted by Crippen LogP contribution is -2.28. The Labute approximate surface area is 170 Å². The van der Waals surface area contributed by atoms with Crippen molar-refractivity contribution in [2.75, 3.05) is 37.5 Å². The van der Waals surface area contributed by atoms with E-state index in [9.17, 15) is 18.0 Å². The highest BCUT2D eigenvalue weighted by Gasteiger charge is 2.15. The van der Waals surface area contributed by atoms with Gasteiger partial charge in [0.05, 0.1) is 11.3 Å². The van der Waals surface area contributed by atoms with Crippen molar-refractivity contribution < 1.29 is 22.7 Å². The molecule has 0 aliphatic rings. The van der Waals surface area contributed by atoms with E-state index in [2.05, 4.69) is 10.0 Å². The van der Waals surface area contributed by atoms with Crippen molar-refractivity contribution in [2.45, 2.75) is 18.2 Å². The van der Waals surface area contributed by atoms with E-state index in [0.717, 1.165) is 11.3 Å². The van der Waals surface area contributed by atoms with Crippen molar-refractivity contribution in [3.63, 3.8) is 0 Å². The van der Waals surface area contributed by atoms with E-state index in [4.69, 9.17) is 4.74 Å². The molecule has 0 saturated carbocycles. The standard InChI is InChI=1S/C20H25N3O5S/c1-15-4-10-18(11-5-15)29(26,27)21-13-12-20(25)28-14-19(24)22-16-6-8-17(9-7-16)23(2)3/h4-11,21H,12-14H2,1-3H3,(H,22,24). The van der Waals surface area contributed by atoms with Gasteiger partial charge in [0.25, 0.3) is 5.91 Å². The van der Waals surface area contributed by atoms with Gasteiger partial charge in [-0.3, -0.25) is 9.59 Å². The van der Waals surface area contributed by atoms with Crippen LogP contribution in [0, 0.1) is 6.92 Å². The van der Waals surface area contributed by atoms with Crippen molar-refractivity contribution >= 4 is 33.3 Å². The first kappa shape index (κ1) is 22.4. The number of rotatable bonds is 9. The lowest BCUT2D eigenvalue weighted by molar-refractivity contribution is -0.147.